The summed E-state index contributed by atoms with van der Waals surface area (Å²) < 4.78 is 10.4. The fraction of sp³-hybridized carbons (Fsp3) is 0.333. The van der Waals surface area contributed by atoms with E-state index in [1.165, 1.54) is 0 Å². The molecule has 4 heteroatoms. The Balaban J connectivity index is 2.37. The normalized spacial score (nSPS) is 10.4. The van der Waals surface area contributed by atoms with E-state index < -0.39 is 0 Å². The first-order chi connectivity index (χ1) is 9.26. The summed E-state index contributed by atoms with van der Waals surface area (Å²) >= 11 is 0. The largest absolute Gasteiger partial charge is 0.463 e. The molecule has 0 saturated carbocycles. The van der Waals surface area contributed by atoms with Gasteiger partial charge in [0.25, 0.3) is 0 Å². The van der Waals surface area contributed by atoms with Crippen LogP contribution in [0.5, 0.6) is 0 Å². The van der Waals surface area contributed by atoms with Crippen molar-refractivity contribution in [3.05, 3.63) is 41.8 Å². The molecule has 2 rings (SSSR count). The van der Waals surface area contributed by atoms with Crippen LogP contribution in [-0.4, -0.2) is 17.6 Å². The number of pyridine rings is 1. The predicted octanol–water partition coefficient (Wildman–Crippen LogP) is 3.47. The summed E-state index contributed by atoms with van der Waals surface area (Å²) in [5, 5.41) is 0. The van der Waals surface area contributed by atoms with Gasteiger partial charge in [-0.2, -0.15) is 0 Å². The van der Waals surface area contributed by atoms with Crippen LogP contribution in [0.4, 0.5) is 0 Å². The number of esters is 1. The lowest BCUT2D eigenvalue weighted by atomic mass is 10.1. The molecule has 0 radical (unpaired) electrons. The number of ether oxygens (including phenoxy) is 1. The zero-order valence-electron chi connectivity index (χ0n) is 11.2. The molecule has 0 N–H and O–H groups in total. The highest BCUT2D eigenvalue weighted by atomic mass is 16.5. The predicted molar refractivity (Wildman–Crippen MR) is 71.9 cm³/mol. The van der Waals surface area contributed by atoms with E-state index >= 15 is 0 Å². The molecule has 2 heterocycles. The molecule has 0 aromatic carbocycles. The van der Waals surface area contributed by atoms with E-state index in [1.54, 1.807) is 25.3 Å². The second-order valence-electron chi connectivity index (χ2n) is 4.14. The summed E-state index contributed by atoms with van der Waals surface area (Å²) in [7, 11) is 0. The smallest absolute Gasteiger partial charge is 0.339 e. The molecule has 0 amide bonds. The maximum Gasteiger partial charge on any atom is 0.339 e. The molecule has 0 saturated heterocycles. The monoisotopic (exact) mass is 259 g/mol. The van der Waals surface area contributed by atoms with E-state index in [1.807, 2.05) is 12.1 Å². The molecule has 100 valence electrons. The fourth-order valence-electron chi connectivity index (χ4n) is 1.88. The van der Waals surface area contributed by atoms with Crippen molar-refractivity contribution in [1.82, 2.24) is 4.98 Å². The number of carbonyl (C=O) groups is 1. The van der Waals surface area contributed by atoms with Gasteiger partial charge in [0, 0.05) is 0 Å². The number of carbonyl (C=O) groups excluding carboxylic acids is 1. The lowest BCUT2D eigenvalue weighted by molar-refractivity contribution is 0.0524. The summed E-state index contributed by atoms with van der Waals surface area (Å²) in [6, 6.07) is 7.20. The van der Waals surface area contributed by atoms with Crippen molar-refractivity contribution >= 4 is 5.97 Å². The molecule has 4 nitrogen and oxygen atoms in total. The molecule has 0 bridgehead atoms. The Morgan fingerprint density at radius 3 is 2.79 bits per heavy atom. The highest BCUT2D eigenvalue weighted by Gasteiger charge is 2.15. The van der Waals surface area contributed by atoms with Crippen molar-refractivity contribution in [3.63, 3.8) is 0 Å². The minimum Gasteiger partial charge on any atom is -0.463 e. The maximum absolute atomic E-state index is 11.9. The molecule has 0 aliphatic rings. The van der Waals surface area contributed by atoms with Crippen molar-refractivity contribution < 1.29 is 13.9 Å². The third-order valence-corrected chi connectivity index (χ3v) is 2.73. The zero-order valence-corrected chi connectivity index (χ0v) is 11.2. The van der Waals surface area contributed by atoms with Crippen LogP contribution in [0, 0.1) is 0 Å². The summed E-state index contributed by atoms with van der Waals surface area (Å²) in [5.41, 5.74) is 2.04. The molecular weight excluding hydrogens is 242 g/mol. The summed E-state index contributed by atoms with van der Waals surface area (Å²) in [6.45, 7) is 4.21. The zero-order chi connectivity index (χ0) is 13.7. The van der Waals surface area contributed by atoms with Crippen molar-refractivity contribution in [3.8, 4) is 11.5 Å². The number of aryl methyl sites for hydroxylation is 1. The van der Waals surface area contributed by atoms with Gasteiger partial charge in [0.05, 0.1) is 24.1 Å². The van der Waals surface area contributed by atoms with Crippen molar-refractivity contribution in [2.24, 2.45) is 0 Å². The number of hydrogen-bond donors (Lipinski definition) is 0. The molecule has 0 atom stereocenters. The summed E-state index contributed by atoms with van der Waals surface area (Å²) in [6.07, 6.45) is 3.26. The SMILES string of the molecule is CCCc1nc(-c2ccco2)ccc1C(=O)OCC. The van der Waals surface area contributed by atoms with E-state index in [-0.39, 0.29) is 5.97 Å². The number of nitrogens with zero attached hydrogens (tertiary/aromatic N) is 1. The number of rotatable bonds is 5. The minimum atomic E-state index is -0.315. The molecule has 0 aliphatic carbocycles. The molecular formula is C15H17NO3. The Bertz CT molecular complexity index is 547. The topological polar surface area (TPSA) is 52.3 Å². The minimum absolute atomic E-state index is 0.315. The van der Waals surface area contributed by atoms with Crippen LogP contribution in [0.3, 0.4) is 0 Å². The first-order valence-electron chi connectivity index (χ1n) is 6.47. The lowest BCUT2D eigenvalue weighted by Crippen LogP contribution is -2.10. The fourth-order valence-corrected chi connectivity index (χ4v) is 1.88. The first kappa shape index (κ1) is 13.3. The highest BCUT2D eigenvalue weighted by Crippen LogP contribution is 2.21. The van der Waals surface area contributed by atoms with Crippen LogP contribution in [0.15, 0.2) is 34.9 Å². The van der Waals surface area contributed by atoms with E-state index in [0.29, 0.717) is 17.9 Å². The third kappa shape index (κ3) is 3.02. The quantitative estimate of drug-likeness (QED) is 0.771. The Morgan fingerprint density at radius 1 is 1.32 bits per heavy atom. The molecule has 0 aliphatic heterocycles. The number of furan rings is 1. The van der Waals surface area contributed by atoms with Gasteiger partial charge >= 0.3 is 5.97 Å². The van der Waals surface area contributed by atoms with E-state index in [4.69, 9.17) is 9.15 Å². The van der Waals surface area contributed by atoms with Gasteiger partial charge in [-0.05, 0) is 37.6 Å². The molecule has 0 spiro atoms. The van der Waals surface area contributed by atoms with E-state index in [9.17, 15) is 4.79 Å². The van der Waals surface area contributed by atoms with Crippen LogP contribution in [0.2, 0.25) is 0 Å². The number of aromatic nitrogens is 1. The first-order valence-corrected chi connectivity index (χ1v) is 6.47. The Labute approximate surface area is 112 Å². The van der Waals surface area contributed by atoms with Crippen LogP contribution < -0.4 is 0 Å². The van der Waals surface area contributed by atoms with Crippen molar-refractivity contribution in [1.29, 1.82) is 0 Å². The molecule has 2 aromatic heterocycles. The Hall–Kier alpha value is -2.10. The standard InChI is InChI=1S/C15H17NO3/c1-3-6-12-11(15(17)18-4-2)8-9-13(16-12)14-7-5-10-19-14/h5,7-10H,3-4,6H2,1-2H3. The Kier molecular flexibility index (Phi) is 4.34. The third-order valence-electron chi connectivity index (χ3n) is 2.73. The van der Waals surface area contributed by atoms with Gasteiger partial charge < -0.3 is 9.15 Å². The summed E-state index contributed by atoms with van der Waals surface area (Å²) in [5.74, 6) is 0.386. The van der Waals surface area contributed by atoms with Gasteiger partial charge in [0.15, 0.2) is 5.76 Å². The van der Waals surface area contributed by atoms with Crippen LogP contribution in [0.25, 0.3) is 11.5 Å². The highest BCUT2D eigenvalue weighted by molar-refractivity contribution is 5.91. The van der Waals surface area contributed by atoms with Gasteiger partial charge in [0.2, 0.25) is 0 Å². The van der Waals surface area contributed by atoms with E-state index in [2.05, 4.69) is 11.9 Å². The van der Waals surface area contributed by atoms with Gasteiger partial charge in [-0.15, -0.1) is 0 Å². The lowest BCUT2D eigenvalue weighted by Gasteiger charge is -2.08. The van der Waals surface area contributed by atoms with Gasteiger partial charge in [-0.3, -0.25) is 0 Å². The van der Waals surface area contributed by atoms with E-state index in [0.717, 1.165) is 24.2 Å². The average molecular weight is 259 g/mol. The second kappa shape index (κ2) is 6.18. The average Bonchev–Trinajstić information content (AvgIpc) is 2.93. The van der Waals surface area contributed by atoms with Crippen LogP contribution in [0.1, 0.15) is 36.3 Å². The van der Waals surface area contributed by atoms with Gasteiger partial charge in [0.1, 0.15) is 5.69 Å². The van der Waals surface area contributed by atoms with Gasteiger partial charge in [-0.25, -0.2) is 9.78 Å². The van der Waals surface area contributed by atoms with Gasteiger partial charge in [-0.1, -0.05) is 13.3 Å². The van der Waals surface area contributed by atoms with Crippen LogP contribution in [-0.2, 0) is 11.2 Å². The number of hydrogen-bond acceptors (Lipinski definition) is 4. The Morgan fingerprint density at radius 2 is 2.16 bits per heavy atom. The molecule has 0 unspecified atom stereocenters. The van der Waals surface area contributed by atoms with Crippen LogP contribution >= 0.6 is 0 Å². The maximum atomic E-state index is 11.9. The summed E-state index contributed by atoms with van der Waals surface area (Å²) in [4.78, 5) is 16.4. The molecule has 2 aromatic rings. The van der Waals surface area contributed by atoms with Crippen molar-refractivity contribution in [2.75, 3.05) is 6.61 Å². The molecule has 0 fully saturated rings. The molecule has 19 heavy (non-hydrogen) atoms. The van der Waals surface area contributed by atoms with Crippen molar-refractivity contribution in [2.45, 2.75) is 26.7 Å². The second-order valence-corrected chi connectivity index (χ2v) is 4.14.